The second-order valence-electron chi connectivity index (χ2n) is 25.2. The lowest BCUT2D eigenvalue weighted by Gasteiger charge is -2.66. The van der Waals surface area contributed by atoms with Gasteiger partial charge in [0.05, 0.1) is 0 Å². The van der Waals surface area contributed by atoms with Crippen molar-refractivity contribution in [3.63, 3.8) is 0 Å². The van der Waals surface area contributed by atoms with Gasteiger partial charge < -0.3 is 64.8 Å². The summed E-state index contributed by atoms with van der Waals surface area (Å²) in [5, 5.41) is 6.44. The Labute approximate surface area is 475 Å². The second kappa shape index (κ2) is 21.7. The van der Waals surface area contributed by atoms with E-state index in [9.17, 15) is 9.59 Å². The highest BCUT2D eigenvalue weighted by Crippen LogP contribution is 2.66. The van der Waals surface area contributed by atoms with Crippen LogP contribution in [0.2, 0.25) is 38.8 Å². The van der Waals surface area contributed by atoms with Gasteiger partial charge in [-0.1, -0.05) is 128 Å². The number of pyridine rings is 1. The Morgan fingerprint density at radius 2 is 0.671 bits per heavy atom. The van der Waals surface area contributed by atoms with Gasteiger partial charge in [-0.05, 0) is 95.5 Å². The molecule has 7 saturated carbocycles. The fourth-order valence-corrected chi connectivity index (χ4v) is 71.4. The second-order valence-corrected chi connectivity index (χ2v) is 50.9. The standard InChI is InChI=1S/C53H83N3O15Si8/c1-3-52(57)55-50-37-41(38-51(54-50)56-53(58)4-2)59-39-40-33-35-49(36-34-40)79-69-76(46-27-13-14-28-46)63-73(43-21-7-8-22-43)60-72(42-19-5-6-20-42)61-74(65-76,44-23-9-10-24-44)67-78(71-79,48-31-17-18-32-48)68-75(62-72,45-25-11-12-26-45)66-77(64-73,70-79)47-29-15-16-30-47/h33-38,42-48H,3-32,39H2,1-2H3,(H2,54,55,56,57,58). The third-order valence-electron chi connectivity index (χ3n) is 20.1. The van der Waals surface area contributed by atoms with Crippen molar-refractivity contribution in [2.75, 3.05) is 10.6 Å². The van der Waals surface area contributed by atoms with Gasteiger partial charge in [-0.2, -0.15) is 0 Å². The lowest BCUT2D eigenvalue weighted by Crippen LogP contribution is -2.91. The SMILES string of the molecule is CCC(=O)Nc1cc(OCc2ccc([Si]34O[Si]5(C6CCCC6)O[Si]6(C7CCCC7)O[Si](C7CCCC7)(O3)O[Si]3(C7CCCC7)O[Si](C7CCCC7)(O4)O[Si](C4CCCC4)(O5)O[Si](C4CCCC4)(O6)O3)cc2)cc(NC(=O)CC)n1. The summed E-state index contributed by atoms with van der Waals surface area (Å²) in [6.07, 6.45) is 27.9. The Morgan fingerprint density at radius 3 is 0.924 bits per heavy atom. The van der Waals surface area contributed by atoms with Crippen LogP contribution in [0.25, 0.3) is 0 Å². The van der Waals surface area contributed by atoms with Crippen LogP contribution < -0.4 is 20.6 Å². The molecule has 8 bridgehead atoms. The summed E-state index contributed by atoms with van der Waals surface area (Å²) >= 11 is 0. The molecule has 2 amide bonds. The molecular formula is C53H83N3O15Si8. The van der Waals surface area contributed by atoms with Crippen LogP contribution in [0.15, 0.2) is 36.4 Å². The number of rotatable bonds is 15. The van der Waals surface area contributed by atoms with E-state index in [1.807, 2.05) is 0 Å². The van der Waals surface area contributed by atoms with Crippen molar-refractivity contribution in [2.45, 2.75) is 252 Å². The Bertz CT molecular complexity index is 2360. The van der Waals surface area contributed by atoms with E-state index < -0.39 is 70.4 Å². The van der Waals surface area contributed by atoms with Crippen molar-refractivity contribution < 1.29 is 63.7 Å². The van der Waals surface area contributed by atoms with E-state index in [1.165, 1.54) is 0 Å². The number of hydrogen-bond donors (Lipinski definition) is 2. The van der Waals surface area contributed by atoms with Crippen LogP contribution in [0.5, 0.6) is 5.75 Å². The van der Waals surface area contributed by atoms with E-state index in [0.29, 0.717) is 17.4 Å². The van der Waals surface area contributed by atoms with Gasteiger partial charge in [-0.3, -0.25) is 9.59 Å². The van der Waals surface area contributed by atoms with Crippen LogP contribution in [0.3, 0.4) is 0 Å². The fourth-order valence-electron chi connectivity index (χ4n) is 15.9. The monoisotopic (exact) mass is 1230 g/mol. The number of aromatic nitrogens is 1. The molecule has 15 rings (SSSR count). The molecule has 26 heteroatoms. The maximum absolute atomic E-state index is 12.5. The zero-order chi connectivity index (χ0) is 53.6. The fraction of sp³-hybridized carbons (Fsp3) is 0.755. The predicted octanol–water partition coefficient (Wildman–Crippen LogP) is 12.0. The van der Waals surface area contributed by atoms with E-state index in [-0.39, 0.29) is 70.1 Å². The van der Waals surface area contributed by atoms with Gasteiger partial charge in [-0.25, -0.2) is 4.98 Å². The van der Waals surface area contributed by atoms with Gasteiger partial charge in [0.15, 0.2) is 0 Å². The number of nitrogens with one attached hydrogen (secondary N) is 2. The number of hydrogen-bond acceptors (Lipinski definition) is 16. The molecular weight excluding hydrogens is 1140 g/mol. The maximum atomic E-state index is 12.5. The maximum Gasteiger partial charge on any atom is 0.515 e. The Morgan fingerprint density at radius 1 is 0.418 bits per heavy atom. The molecule has 0 unspecified atom stereocenters. The molecule has 7 aliphatic carbocycles. The third-order valence-corrected chi connectivity index (χ3v) is 59.3. The van der Waals surface area contributed by atoms with Crippen LogP contribution in [0.1, 0.15) is 212 Å². The average Bonchev–Trinajstić information content (AvgIpc) is 2.81. The van der Waals surface area contributed by atoms with Crippen molar-refractivity contribution in [2.24, 2.45) is 0 Å². The molecule has 2 aromatic rings. The van der Waals surface area contributed by atoms with Crippen LogP contribution >= 0.6 is 0 Å². The Kier molecular flexibility index (Phi) is 15.2. The van der Waals surface area contributed by atoms with Gasteiger partial charge in [0.1, 0.15) is 24.0 Å². The first-order valence-corrected chi connectivity index (χ1v) is 45.5. The van der Waals surface area contributed by atoms with Crippen LogP contribution in [-0.4, -0.2) is 87.2 Å². The molecule has 6 aliphatic heterocycles. The molecule has 6 saturated heterocycles. The highest BCUT2D eigenvalue weighted by molar-refractivity contribution is 7.06. The normalized spacial score (nSPS) is 39.6. The number of amides is 2. The molecule has 0 radical (unpaired) electrons. The number of carbonyl (C=O) groups excluding carboxylic acids is 2. The summed E-state index contributed by atoms with van der Waals surface area (Å²) in [4.78, 5) is 29.5. The first kappa shape index (κ1) is 55.3. The van der Waals surface area contributed by atoms with Gasteiger partial charge in [0.25, 0.3) is 0 Å². The first-order valence-electron chi connectivity index (χ1n) is 31.2. The first-order chi connectivity index (χ1) is 38.4. The van der Waals surface area contributed by atoms with Crippen LogP contribution in [0.4, 0.5) is 11.6 Å². The number of nitrogens with zero attached hydrogens (tertiary/aromatic N) is 1. The summed E-state index contributed by atoms with van der Waals surface area (Å²) in [6.45, 7) is 3.74. The molecule has 7 heterocycles. The molecule has 18 nitrogen and oxygen atoms in total. The largest absolute Gasteiger partial charge is 0.515 e. The lowest BCUT2D eigenvalue weighted by molar-refractivity contribution is -0.116. The van der Waals surface area contributed by atoms with Gasteiger partial charge in [0.2, 0.25) is 11.8 Å². The zero-order valence-electron chi connectivity index (χ0n) is 46.5. The van der Waals surface area contributed by atoms with Gasteiger partial charge >= 0.3 is 70.4 Å². The van der Waals surface area contributed by atoms with Crippen LogP contribution in [-0.2, 0) is 65.6 Å². The predicted molar refractivity (Wildman–Crippen MR) is 307 cm³/mol. The number of carbonyl (C=O) groups is 2. The van der Waals surface area contributed by atoms with Crippen molar-refractivity contribution in [1.29, 1.82) is 0 Å². The minimum Gasteiger partial charge on any atom is -0.489 e. The molecule has 0 spiro atoms. The van der Waals surface area contributed by atoms with E-state index in [2.05, 4.69) is 39.9 Å². The Balaban J connectivity index is 0.974. The summed E-state index contributed by atoms with van der Waals surface area (Å²) in [7, 11) is -33.2. The number of anilines is 2. The van der Waals surface area contributed by atoms with Gasteiger partial charge in [0, 0.05) is 68.9 Å². The number of benzene rings is 1. The molecule has 13 aliphatic rings. The van der Waals surface area contributed by atoms with E-state index in [1.54, 1.807) is 26.0 Å². The quantitative estimate of drug-likeness (QED) is 0.160. The van der Waals surface area contributed by atoms with Crippen molar-refractivity contribution >= 4 is 99.1 Å². The molecule has 432 valence electrons. The van der Waals surface area contributed by atoms with Gasteiger partial charge in [-0.15, -0.1) is 0 Å². The van der Waals surface area contributed by atoms with E-state index in [4.69, 9.17) is 54.1 Å². The van der Waals surface area contributed by atoms with Crippen molar-refractivity contribution in [3.8, 4) is 5.75 Å². The van der Waals surface area contributed by atoms with Crippen molar-refractivity contribution in [1.82, 2.24) is 4.98 Å². The van der Waals surface area contributed by atoms with Crippen molar-refractivity contribution in [3.05, 3.63) is 42.0 Å². The van der Waals surface area contributed by atoms with E-state index in [0.717, 1.165) is 191 Å². The molecule has 13 fully saturated rings. The molecule has 2 N–H and O–H groups in total. The summed E-state index contributed by atoms with van der Waals surface area (Å²) in [6, 6.07) is 11.7. The summed E-state index contributed by atoms with van der Waals surface area (Å²) in [5.41, 5.74) is 0.560. The minimum absolute atomic E-state index is 0.00647. The summed E-state index contributed by atoms with van der Waals surface area (Å²) in [5.74, 6) is 0.644. The molecule has 79 heavy (non-hydrogen) atoms. The highest BCUT2D eigenvalue weighted by atomic mass is 28.6. The number of ether oxygens (including phenoxy) is 1. The minimum atomic E-state index is -4.46. The highest BCUT2D eigenvalue weighted by Gasteiger charge is 2.88. The summed E-state index contributed by atoms with van der Waals surface area (Å²) < 4.78 is 109. The Hall–Kier alpha value is -1.63. The molecule has 1 aromatic carbocycles. The average molecular weight is 1230 g/mol. The third kappa shape index (κ3) is 9.92. The smallest absolute Gasteiger partial charge is 0.489 e. The topological polar surface area (TPSA) is 191 Å². The lowest BCUT2D eigenvalue weighted by atomic mass is 10.2. The molecule has 0 atom stereocenters. The van der Waals surface area contributed by atoms with E-state index >= 15 is 0 Å². The van der Waals surface area contributed by atoms with Crippen LogP contribution in [0, 0.1) is 0 Å². The zero-order valence-corrected chi connectivity index (χ0v) is 54.5. The molecule has 1 aromatic heterocycles.